The van der Waals surface area contributed by atoms with Crippen molar-refractivity contribution in [1.82, 2.24) is 4.98 Å². The van der Waals surface area contributed by atoms with Crippen LogP contribution in [0.5, 0.6) is 23.1 Å². The Balaban J connectivity index is 1.53. The van der Waals surface area contributed by atoms with Gasteiger partial charge in [0.15, 0.2) is 0 Å². The van der Waals surface area contributed by atoms with E-state index in [2.05, 4.69) is 4.98 Å². The predicted octanol–water partition coefficient (Wildman–Crippen LogP) is 6.14. The highest BCUT2D eigenvalue weighted by Gasteiger charge is 2.21. The summed E-state index contributed by atoms with van der Waals surface area (Å²) in [5.74, 6) is 0.980. The van der Waals surface area contributed by atoms with Gasteiger partial charge in [0, 0.05) is 18.7 Å². The van der Waals surface area contributed by atoms with Gasteiger partial charge in [-0.1, -0.05) is 6.07 Å². The monoisotopic (exact) mass is 594 g/mol. The number of carbonyl (C=O) groups excluding carboxylic acids is 1. The molecule has 0 atom stereocenters. The van der Waals surface area contributed by atoms with Crippen molar-refractivity contribution in [2.24, 2.45) is 0 Å². The number of pyridine rings is 1. The molecule has 0 spiro atoms. The molecule has 0 radical (unpaired) electrons. The first kappa shape index (κ1) is 30.5. The Bertz CT molecular complexity index is 1660. The molecule has 0 saturated heterocycles. The molecule has 0 fully saturated rings. The first-order chi connectivity index (χ1) is 20.0. The number of hydrogen-bond donors (Lipinski definition) is 1. The van der Waals surface area contributed by atoms with E-state index in [0.717, 1.165) is 11.1 Å². The van der Waals surface area contributed by atoms with Crippen LogP contribution in [0.4, 0.5) is 10.1 Å². The standard InChI is InChI=1S/C31H31FN2O7S/c1-21-8-14-28(42(36,37)38)19-23(21)6-5-17-40-30-15-13-27(39-3)18-24(30)20-34(22(2)35)29-7-4-16-33-31(29)41-26-11-9-25(32)10-12-26/h4,7-16,18-19H,5-6,17,20H2,1-3H3,(H,36,37,38). The highest BCUT2D eigenvalue weighted by molar-refractivity contribution is 7.85. The molecular weight excluding hydrogens is 563 g/mol. The molecule has 0 unspecified atom stereocenters. The largest absolute Gasteiger partial charge is 0.497 e. The van der Waals surface area contributed by atoms with Crippen LogP contribution < -0.4 is 19.1 Å². The fraction of sp³-hybridized carbons (Fsp3) is 0.226. The Kier molecular flexibility index (Phi) is 9.76. The molecule has 0 aliphatic rings. The predicted molar refractivity (Wildman–Crippen MR) is 155 cm³/mol. The molecule has 1 amide bonds. The normalized spacial score (nSPS) is 11.2. The number of aryl methyl sites for hydroxylation is 2. The van der Waals surface area contributed by atoms with Gasteiger partial charge in [0.05, 0.1) is 25.2 Å². The minimum absolute atomic E-state index is 0.114. The molecule has 3 aromatic carbocycles. The van der Waals surface area contributed by atoms with Gasteiger partial charge >= 0.3 is 0 Å². The zero-order chi connectivity index (χ0) is 30.3. The van der Waals surface area contributed by atoms with E-state index in [-0.39, 0.29) is 23.2 Å². The summed E-state index contributed by atoms with van der Waals surface area (Å²) in [6.45, 7) is 3.72. The lowest BCUT2D eigenvalue weighted by atomic mass is 10.0. The van der Waals surface area contributed by atoms with Gasteiger partial charge in [-0.05, 0) is 97.6 Å². The van der Waals surface area contributed by atoms with Gasteiger partial charge in [-0.2, -0.15) is 8.42 Å². The smallest absolute Gasteiger partial charge is 0.294 e. The molecule has 42 heavy (non-hydrogen) atoms. The number of amides is 1. The Morgan fingerprint density at radius 2 is 1.74 bits per heavy atom. The molecular formula is C31H31FN2O7S. The zero-order valence-corrected chi connectivity index (χ0v) is 24.2. The maximum absolute atomic E-state index is 13.4. The number of hydrogen-bond acceptors (Lipinski definition) is 7. The second-order valence-electron chi connectivity index (χ2n) is 9.48. The molecule has 1 N–H and O–H groups in total. The number of aromatic nitrogens is 1. The number of methoxy groups -OCH3 is 1. The van der Waals surface area contributed by atoms with E-state index in [9.17, 15) is 22.2 Å². The van der Waals surface area contributed by atoms with Crippen LogP contribution in [0.1, 0.15) is 30.0 Å². The van der Waals surface area contributed by atoms with Crippen molar-refractivity contribution in [2.45, 2.75) is 38.1 Å². The molecule has 0 aliphatic carbocycles. The third kappa shape index (κ3) is 7.83. The maximum Gasteiger partial charge on any atom is 0.294 e. The second kappa shape index (κ2) is 13.5. The van der Waals surface area contributed by atoms with Crippen molar-refractivity contribution >= 4 is 21.7 Å². The number of benzene rings is 3. The summed E-state index contributed by atoms with van der Waals surface area (Å²) in [6, 6.07) is 18.7. The van der Waals surface area contributed by atoms with Gasteiger partial charge < -0.3 is 19.1 Å². The molecule has 1 aromatic heterocycles. The van der Waals surface area contributed by atoms with Gasteiger partial charge in [0.2, 0.25) is 11.8 Å². The van der Waals surface area contributed by atoms with Crippen LogP contribution in [-0.4, -0.2) is 37.6 Å². The van der Waals surface area contributed by atoms with Gasteiger partial charge in [0.25, 0.3) is 10.1 Å². The van der Waals surface area contributed by atoms with E-state index >= 15 is 0 Å². The summed E-state index contributed by atoms with van der Waals surface area (Å²) in [5, 5.41) is 0. The maximum atomic E-state index is 13.4. The molecule has 4 rings (SSSR count). The van der Waals surface area contributed by atoms with Crippen LogP contribution in [0.2, 0.25) is 0 Å². The summed E-state index contributed by atoms with van der Waals surface area (Å²) in [4.78, 5) is 18.5. The number of ether oxygens (including phenoxy) is 3. The fourth-order valence-corrected chi connectivity index (χ4v) is 4.82. The topological polar surface area (TPSA) is 115 Å². The van der Waals surface area contributed by atoms with Crippen molar-refractivity contribution in [3.05, 3.63) is 102 Å². The first-order valence-corrected chi connectivity index (χ1v) is 14.5. The number of carbonyl (C=O) groups is 1. The molecule has 1 heterocycles. The minimum Gasteiger partial charge on any atom is -0.497 e. The van der Waals surface area contributed by atoms with Crippen molar-refractivity contribution < 1.29 is 36.4 Å². The lowest BCUT2D eigenvalue weighted by Gasteiger charge is -2.24. The van der Waals surface area contributed by atoms with E-state index in [1.54, 1.807) is 43.5 Å². The van der Waals surface area contributed by atoms with E-state index in [1.807, 2.05) is 6.92 Å². The zero-order valence-electron chi connectivity index (χ0n) is 23.4. The van der Waals surface area contributed by atoms with Crippen molar-refractivity contribution in [1.29, 1.82) is 0 Å². The van der Waals surface area contributed by atoms with Crippen LogP contribution in [0.15, 0.2) is 83.9 Å². The number of rotatable bonds is 12. The highest BCUT2D eigenvalue weighted by atomic mass is 32.2. The molecule has 9 nitrogen and oxygen atoms in total. The Hall–Kier alpha value is -4.48. The third-order valence-corrected chi connectivity index (χ3v) is 7.36. The van der Waals surface area contributed by atoms with E-state index in [1.165, 1.54) is 54.4 Å². The Morgan fingerprint density at radius 1 is 1.00 bits per heavy atom. The van der Waals surface area contributed by atoms with Crippen LogP contribution in [-0.2, 0) is 27.9 Å². The number of nitrogens with zero attached hydrogens (tertiary/aromatic N) is 2. The summed E-state index contributed by atoms with van der Waals surface area (Å²) in [7, 11) is -2.75. The van der Waals surface area contributed by atoms with Gasteiger partial charge in [0.1, 0.15) is 28.8 Å². The third-order valence-electron chi connectivity index (χ3n) is 6.51. The van der Waals surface area contributed by atoms with Crippen LogP contribution in [0.25, 0.3) is 0 Å². The minimum atomic E-state index is -4.30. The van der Waals surface area contributed by atoms with Gasteiger partial charge in [-0.3, -0.25) is 9.35 Å². The average molecular weight is 595 g/mol. The SMILES string of the molecule is COc1ccc(OCCCc2cc(S(=O)(=O)O)ccc2C)c(CN(C(C)=O)c2cccnc2Oc2ccc(F)cc2)c1. The van der Waals surface area contributed by atoms with Crippen molar-refractivity contribution in [3.63, 3.8) is 0 Å². The number of anilines is 1. The second-order valence-corrected chi connectivity index (χ2v) is 10.9. The summed E-state index contributed by atoms with van der Waals surface area (Å²) >= 11 is 0. The van der Waals surface area contributed by atoms with Crippen molar-refractivity contribution in [3.8, 4) is 23.1 Å². The molecule has 4 aromatic rings. The van der Waals surface area contributed by atoms with Crippen LogP contribution in [0, 0.1) is 12.7 Å². The quantitative estimate of drug-likeness (QED) is 0.154. The van der Waals surface area contributed by atoms with E-state index < -0.39 is 15.9 Å². The summed E-state index contributed by atoms with van der Waals surface area (Å²) in [6.07, 6.45) is 2.63. The van der Waals surface area contributed by atoms with E-state index in [4.69, 9.17) is 14.2 Å². The summed E-state index contributed by atoms with van der Waals surface area (Å²) < 4.78 is 63.2. The molecule has 220 valence electrons. The fourth-order valence-electron chi connectivity index (χ4n) is 4.29. The lowest BCUT2D eigenvalue weighted by Crippen LogP contribution is -2.28. The highest BCUT2D eigenvalue weighted by Crippen LogP contribution is 2.34. The van der Waals surface area contributed by atoms with Gasteiger partial charge in [-0.15, -0.1) is 0 Å². The molecule has 0 bridgehead atoms. The lowest BCUT2D eigenvalue weighted by molar-refractivity contribution is -0.116. The van der Waals surface area contributed by atoms with Crippen LogP contribution in [0.3, 0.4) is 0 Å². The first-order valence-electron chi connectivity index (χ1n) is 13.1. The number of halogens is 1. The molecule has 0 aliphatic heterocycles. The average Bonchev–Trinajstić information content (AvgIpc) is 2.96. The van der Waals surface area contributed by atoms with E-state index in [0.29, 0.717) is 47.9 Å². The van der Waals surface area contributed by atoms with Crippen molar-refractivity contribution in [2.75, 3.05) is 18.6 Å². The molecule has 11 heteroatoms. The van der Waals surface area contributed by atoms with Crippen LogP contribution >= 0.6 is 0 Å². The Morgan fingerprint density at radius 3 is 2.43 bits per heavy atom. The summed E-state index contributed by atoms with van der Waals surface area (Å²) in [5.41, 5.74) is 2.78. The molecule has 0 saturated carbocycles. The Labute approximate surface area is 244 Å². The van der Waals surface area contributed by atoms with Gasteiger partial charge in [-0.25, -0.2) is 9.37 Å².